The van der Waals surface area contributed by atoms with Gasteiger partial charge >= 0.3 is 6.18 Å². The molecule has 7 heteroatoms. The predicted octanol–water partition coefficient (Wildman–Crippen LogP) is 2.63. The lowest BCUT2D eigenvalue weighted by Gasteiger charge is -2.10. The van der Waals surface area contributed by atoms with E-state index in [9.17, 15) is 13.2 Å². The van der Waals surface area contributed by atoms with Gasteiger partial charge in [0, 0.05) is 6.07 Å². The van der Waals surface area contributed by atoms with Gasteiger partial charge in [0.1, 0.15) is 11.6 Å². The van der Waals surface area contributed by atoms with Gasteiger partial charge in [-0.05, 0) is 0 Å². The van der Waals surface area contributed by atoms with Crippen molar-refractivity contribution in [2.24, 2.45) is 0 Å². The predicted molar refractivity (Wildman–Crippen MR) is 45.5 cm³/mol. The van der Waals surface area contributed by atoms with E-state index in [1.54, 1.807) is 0 Å². The Hall–Kier alpha value is -1.48. The van der Waals surface area contributed by atoms with E-state index in [2.05, 4.69) is 9.72 Å². The van der Waals surface area contributed by atoms with Crippen LogP contribution >= 0.6 is 11.6 Å². The number of ether oxygens (including phenoxy) is 1. The van der Waals surface area contributed by atoms with Crippen molar-refractivity contribution in [3.8, 4) is 11.9 Å². The minimum atomic E-state index is -4.66. The average molecular weight is 237 g/mol. The summed E-state index contributed by atoms with van der Waals surface area (Å²) in [4.78, 5) is 3.46. The molecule has 15 heavy (non-hydrogen) atoms. The molecule has 1 heterocycles. The fourth-order valence-electron chi connectivity index (χ4n) is 0.926. The second-order valence-corrected chi connectivity index (χ2v) is 2.85. The number of halogens is 4. The molecule has 0 saturated carbocycles. The monoisotopic (exact) mass is 236 g/mol. The van der Waals surface area contributed by atoms with E-state index in [1.807, 2.05) is 0 Å². The lowest BCUT2D eigenvalue weighted by Crippen LogP contribution is -2.09. The van der Waals surface area contributed by atoms with Gasteiger partial charge in [-0.2, -0.15) is 18.4 Å². The molecular formula is C8H4ClF3N2O. The van der Waals surface area contributed by atoms with Gasteiger partial charge in [0.2, 0.25) is 5.88 Å². The van der Waals surface area contributed by atoms with E-state index in [0.717, 1.165) is 7.11 Å². The third kappa shape index (κ3) is 2.30. The van der Waals surface area contributed by atoms with E-state index in [4.69, 9.17) is 16.9 Å². The Labute approximate surface area is 88.1 Å². The van der Waals surface area contributed by atoms with Gasteiger partial charge in [-0.25, -0.2) is 4.98 Å². The van der Waals surface area contributed by atoms with Crippen molar-refractivity contribution < 1.29 is 17.9 Å². The van der Waals surface area contributed by atoms with E-state index in [1.165, 1.54) is 6.07 Å². The highest BCUT2D eigenvalue weighted by Gasteiger charge is 2.35. The summed E-state index contributed by atoms with van der Waals surface area (Å²) in [6, 6.07) is 1.98. The van der Waals surface area contributed by atoms with Crippen molar-refractivity contribution in [1.82, 2.24) is 4.98 Å². The van der Waals surface area contributed by atoms with Crippen LogP contribution in [-0.2, 0) is 6.18 Å². The molecule has 0 amide bonds. The summed E-state index contributed by atoms with van der Waals surface area (Å²) in [5.41, 5.74) is -1.85. The SMILES string of the molecule is COc1cc(C(F)(F)F)c(C#N)c(Cl)n1. The van der Waals surface area contributed by atoms with Crippen LogP contribution in [0.5, 0.6) is 5.88 Å². The zero-order chi connectivity index (χ0) is 11.6. The number of methoxy groups -OCH3 is 1. The molecule has 0 aromatic carbocycles. The standard InChI is InChI=1S/C8H4ClF3N2O/c1-15-6-2-5(8(10,11)12)4(3-13)7(9)14-6/h2H,1H3. The molecule has 1 aromatic rings. The van der Waals surface area contributed by atoms with Gasteiger partial charge in [0.05, 0.1) is 12.7 Å². The molecule has 0 saturated heterocycles. The second-order valence-electron chi connectivity index (χ2n) is 2.49. The highest BCUT2D eigenvalue weighted by molar-refractivity contribution is 6.30. The quantitative estimate of drug-likeness (QED) is 0.704. The fraction of sp³-hybridized carbons (Fsp3) is 0.250. The first-order chi connectivity index (χ1) is 6.90. The van der Waals surface area contributed by atoms with Crippen LogP contribution in [0.4, 0.5) is 13.2 Å². The highest BCUT2D eigenvalue weighted by Crippen LogP contribution is 2.35. The van der Waals surface area contributed by atoms with E-state index in [-0.39, 0.29) is 5.88 Å². The summed E-state index contributed by atoms with van der Waals surface area (Å²) in [5.74, 6) is -0.286. The minimum absolute atomic E-state index is 0.286. The summed E-state index contributed by atoms with van der Waals surface area (Å²) in [5, 5.41) is 7.99. The first kappa shape index (κ1) is 11.6. The second kappa shape index (κ2) is 3.95. The van der Waals surface area contributed by atoms with Gasteiger partial charge in [0.25, 0.3) is 0 Å². The largest absolute Gasteiger partial charge is 0.481 e. The number of hydrogen-bond acceptors (Lipinski definition) is 3. The number of alkyl halides is 3. The lowest BCUT2D eigenvalue weighted by molar-refractivity contribution is -0.137. The van der Waals surface area contributed by atoms with Crippen LogP contribution in [0.1, 0.15) is 11.1 Å². The molecule has 0 unspecified atom stereocenters. The fourth-order valence-corrected chi connectivity index (χ4v) is 1.15. The Bertz CT molecular complexity index is 425. The minimum Gasteiger partial charge on any atom is -0.481 e. The number of pyridine rings is 1. The smallest absolute Gasteiger partial charge is 0.417 e. The Morgan fingerprint density at radius 3 is 2.53 bits per heavy atom. The molecule has 3 nitrogen and oxygen atoms in total. The zero-order valence-corrected chi connectivity index (χ0v) is 8.15. The van der Waals surface area contributed by atoms with Crippen LogP contribution in [0.3, 0.4) is 0 Å². The molecule has 1 rings (SSSR count). The van der Waals surface area contributed by atoms with Crippen LogP contribution in [-0.4, -0.2) is 12.1 Å². The topological polar surface area (TPSA) is 45.9 Å². The molecule has 0 aliphatic heterocycles. The Balaban J connectivity index is 3.48. The third-order valence-electron chi connectivity index (χ3n) is 1.58. The molecule has 0 spiro atoms. The van der Waals surface area contributed by atoms with Gasteiger partial charge in [0.15, 0.2) is 5.15 Å². The third-order valence-corrected chi connectivity index (χ3v) is 1.85. The first-order valence-corrected chi connectivity index (χ1v) is 3.99. The molecule has 80 valence electrons. The maximum atomic E-state index is 12.4. The van der Waals surface area contributed by atoms with Crippen molar-refractivity contribution >= 4 is 11.6 Å². The van der Waals surface area contributed by atoms with E-state index < -0.39 is 22.5 Å². The zero-order valence-electron chi connectivity index (χ0n) is 7.39. The molecule has 0 aliphatic carbocycles. The average Bonchev–Trinajstić information content (AvgIpc) is 2.15. The van der Waals surface area contributed by atoms with Crippen LogP contribution in [0, 0.1) is 11.3 Å². The summed E-state index contributed by atoms with van der Waals surface area (Å²) >= 11 is 5.41. The van der Waals surface area contributed by atoms with Crippen molar-refractivity contribution in [3.63, 3.8) is 0 Å². The molecule has 0 radical (unpaired) electrons. The van der Waals surface area contributed by atoms with Gasteiger partial charge < -0.3 is 4.74 Å². The maximum absolute atomic E-state index is 12.4. The summed E-state index contributed by atoms with van der Waals surface area (Å²) in [7, 11) is 1.16. The number of rotatable bonds is 1. The van der Waals surface area contributed by atoms with Crippen molar-refractivity contribution in [3.05, 3.63) is 22.3 Å². The van der Waals surface area contributed by atoms with Gasteiger partial charge in [-0.3, -0.25) is 0 Å². The molecule has 0 aliphatic rings. The van der Waals surface area contributed by atoms with Gasteiger partial charge in [-0.1, -0.05) is 11.6 Å². The van der Waals surface area contributed by atoms with Crippen LogP contribution in [0.25, 0.3) is 0 Å². The van der Waals surface area contributed by atoms with E-state index >= 15 is 0 Å². The number of aromatic nitrogens is 1. The Morgan fingerprint density at radius 1 is 1.53 bits per heavy atom. The molecule has 0 atom stereocenters. The van der Waals surface area contributed by atoms with Crippen molar-refractivity contribution in [1.29, 1.82) is 5.26 Å². The molecule has 0 N–H and O–H groups in total. The molecule has 0 fully saturated rings. The lowest BCUT2D eigenvalue weighted by atomic mass is 10.1. The van der Waals surface area contributed by atoms with Gasteiger partial charge in [-0.15, -0.1) is 0 Å². The van der Waals surface area contributed by atoms with Crippen molar-refractivity contribution in [2.45, 2.75) is 6.18 Å². The molecule has 1 aromatic heterocycles. The molecule has 0 bridgehead atoms. The number of nitriles is 1. The Kier molecular flexibility index (Phi) is 3.05. The highest BCUT2D eigenvalue weighted by atomic mass is 35.5. The first-order valence-electron chi connectivity index (χ1n) is 3.62. The van der Waals surface area contributed by atoms with Crippen molar-refractivity contribution in [2.75, 3.05) is 7.11 Å². The summed E-state index contributed by atoms with van der Waals surface area (Å²) < 4.78 is 41.8. The number of nitrogens with zero attached hydrogens (tertiary/aromatic N) is 2. The number of hydrogen-bond donors (Lipinski definition) is 0. The maximum Gasteiger partial charge on any atom is 0.417 e. The normalized spacial score (nSPS) is 10.9. The van der Waals surface area contributed by atoms with Crippen LogP contribution in [0.15, 0.2) is 6.07 Å². The Morgan fingerprint density at radius 2 is 2.13 bits per heavy atom. The van der Waals surface area contributed by atoms with Crippen LogP contribution in [0.2, 0.25) is 5.15 Å². The van der Waals surface area contributed by atoms with Crippen LogP contribution < -0.4 is 4.74 Å². The summed E-state index contributed by atoms with van der Waals surface area (Å²) in [6.07, 6.45) is -4.66. The van der Waals surface area contributed by atoms with E-state index in [0.29, 0.717) is 6.07 Å². The molecular weight excluding hydrogens is 233 g/mol. The summed E-state index contributed by atoms with van der Waals surface area (Å²) in [6.45, 7) is 0.